The van der Waals surface area contributed by atoms with Crippen LogP contribution in [0.3, 0.4) is 0 Å². The molecule has 0 bridgehead atoms. The lowest BCUT2D eigenvalue weighted by molar-refractivity contribution is 0.349. The van der Waals surface area contributed by atoms with Gasteiger partial charge in [0.05, 0.1) is 6.20 Å². The van der Waals surface area contributed by atoms with Gasteiger partial charge in [-0.1, -0.05) is 19.3 Å². The molecule has 0 atom stereocenters. The maximum absolute atomic E-state index is 4.70. The number of fused-ring (bicyclic) bond motifs is 1. The van der Waals surface area contributed by atoms with Gasteiger partial charge in [-0.25, -0.2) is 9.97 Å². The van der Waals surface area contributed by atoms with Gasteiger partial charge in [-0.2, -0.15) is 0 Å². The first-order chi connectivity index (χ1) is 9.70. The number of hydrogen-bond donors (Lipinski definition) is 2. The van der Waals surface area contributed by atoms with Crippen molar-refractivity contribution in [2.24, 2.45) is 0 Å². The first kappa shape index (κ1) is 13.2. The summed E-state index contributed by atoms with van der Waals surface area (Å²) in [6, 6.07) is 0. The molecule has 0 amide bonds. The van der Waals surface area contributed by atoms with Crippen LogP contribution in [0.1, 0.15) is 46.0 Å². The quantitative estimate of drug-likeness (QED) is 0.897. The Morgan fingerprint density at radius 3 is 2.85 bits per heavy atom. The Balaban J connectivity index is 1.94. The van der Waals surface area contributed by atoms with Crippen molar-refractivity contribution < 1.29 is 0 Å². The van der Waals surface area contributed by atoms with Crippen LogP contribution in [0.2, 0.25) is 0 Å². The first-order valence-electron chi connectivity index (χ1n) is 7.56. The summed E-state index contributed by atoms with van der Waals surface area (Å²) in [4.78, 5) is 9.12. The Hall–Kier alpha value is -1.78. The summed E-state index contributed by atoms with van der Waals surface area (Å²) in [5, 5.41) is 6.93. The van der Waals surface area contributed by atoms with E-state index in [9.17, 15) is 0 Å². The zero-order valence-electron chi connectivity index (χ0n) is 12.3. The summed E-state index contributed by atoms with van der Waals surface area (Å²) in [6.45, 7) is 5.24. The molecule has 1 saturated carbocycles. The SMILES string of the molecule is CCNc1cn2ccnc2c(NC2(C)CCCCC2)n1. The number of anilines is 2. The topological polar surface area (TPSA) is 54.2 Å². The Labute approximate surface area is 119 Å². The number of aromatic nitrogens is 3. The highest BCUT2D eigenvalue weighted by atomic mass is 15.2. The van der Waals surface area contributed by atoms with Crippen LogP contribution in [-0.2, 0) is 0 Å². The van der Waals surface area contributed by atoms with Gasteiger partial charge in [0.15, 0.2) is 11.5 Å². The van der Waals surface area contributed by atoms with Crippen molar-refractivity contribution in [1.29, 1.82) is 0 Å². The Bertz CT molecular complexity index is 583. The maximum atomic E-state index is 4.70. The Morgan fingerprint density at radius 2 is 2.10 bits per heavy atom. The first-order valence-corrected chi connectivity index (χ1v) is 7.56. The smallest absolute Gasteiger partial charge is 0.180 e. The lowest BCUT2D eigenvalue weighted by Gasteiger charge is -2.35. The molecule has 2 aromatic heterocycles. The molecule has 0 saturated heterocycles. The molecular weight excluding hydrogens is 250 g/mol. The fourth-order valence-electron chi connectivity index (χ4n) is 3.02. The zero-order chi connectivity index (χ0) is 14.0. The van der Waals surface area contributed by atoms with E-state index in [1.54, 1.807) is 0 Å². The van der Waals surface area contributed by atoms with E-state index in [-0.39, 0.29) is 5.54 Å². The maximum Gasteiger partial charge on any atom is 0.180 e. The molecule has 0 aliphatic heterocycles. The van der Waals surface area contributed by atoms with E-state index in [1.807, 2.05) is 23.0 Å². The van der Waals surface area contributed by atoms with E-state index in [2.05, 4.69) is 29.5 Å². The normalized spacial score (nSPS) is 18.1. The second-order valence-corrected chi connectivity index (χ2v) is 5.91. The largest absolute Gasteiger partial charge is 0.369 e. The third-order valence-corrected chi connectivity index (χ3v) is 4.11. The number of rotatable bonds is 4. The highest BCUT2D eigenvalue weighted by Gasteiger charge is 2.27. The Kier molecular flexibility index (Phi) is 3.51. The van der Waals surface area contributed by atoms with Gasteiger partial charge >= 0.3 is 0 Å². The lowest BCUT2D eigenvalue weighted by atomic mass is 9.83. The average Bonchev–Trinajstić information content (AvgIpc) is 2.88. The summed E-state index contributed by atoms with van der Waals surface area (Å²) in [5.74, 6) is 1.78. The standard InChI is InChI=1S/C15H23N5/c1-3-16-12-11-20-10-9-17-14(20)13(18-12)19-15(2)7-5-4-6-8-15/h9-11,16H,3-8H2,1-2H3,(H,18,19). The van der Waals surface area contributed by atoms with E-state index in [4.69, 9.17) is 4.98 Å². The molecule has 0 radical (unpaired) electrons. The zero-order valence-corrected chi connectivity index (χ0v) is 12.3. The van der Waals surface area contributed by atoms with Crippen LogP contribution < -0.4 is 10.6 Å². The van der Waals surface area contributed by atoms with Gasteiger partial charge in [0.25, 0.3) is 0 Å². The monoisotopic (exact) mass is 273 g/mol. The number of hydrogen-bond acceptors (Lipinski definition) is 4. The van der Waals surface area contributed by atoms with Gasteiger partial charge in [0, 0.05) is 24.5 Å². The minimum Gasteiger partial charge on any atom is -0.369 e. The van der Waals surface area contributed by atoms with E-state index in [0.29, 0.717) is 0 Å². The van der Waals surface area contributed by atoms with Crippen LogP contribution in [0.25, 0.3) is 5.65 Å². The van der Waals surface area contributed by atoms with Crippen LogP contribution in [0.15, 0.2) is 18.6 Å². The fraction of sp³-hybridized carbons (Fsp3) is 0.600. The summed E-state index contributed by atoms with van der Waals surface area (Å²) in [5.41, 5.74) is 1.04. The van der Waals surface area contributed by atoms with Crippen molar-refractivity contribution in [3.8, 4) is 0 Å². The molecule has 0 spiro atoms. The molecule has 1 fully saturated rings. The van der Waals surface area contributed by atoms with Gasteiger partial charge in [0.1, 0.15) is 5.82 Å². The number of imidazole rings is 1. The lowest BCUT2D eigenvalue weighted by Crippen LogP contribution is -2.37. The third kappa shape index (κ3) is 2.57. The van der Waals surface area contributed by atoms with Crippen LogP contribution in [0.5, 0.6) is 0 Å². The van der Waals surface area contributed by atoms with Crippen molar-refractivity contribution in [2.75, 3.05) is 17.2 Å². The highest BCUT2D eigenvalue weighted by Crippen LogP contribution is 2.32. The van der Waals surface area contributed by atoms with Crippen LogP contribution in [0, 0.1) is 0 Å². The van der Waals surface area contributed by atoms with Crippen molar-refractivity contribution in [1.82, 2.24) is 14.4 Å². The fourth-order valence-corrected chi connectivity index (χ4v) is 3.02. The molecule has 5 nitrogen and oxygen atoms in total. The van der Waals surface area contributed by atoms with E-state index in [1.165, 1.54) is 32.1 Å². The van der Waals surface area contributed by atoms with Crippen LogP contribution in [-0.4, -0.2) is 26.5 Å². The van der Waals surface area contributed by atoms with Crippen LogP contribution >= 0.6 is 0 Å². The molecule has 2 aromatic rings. The van der Waals surface area contributed by atoms with Crippen molar-refractivity contribution >= 4 is 17.3 Å². The molecule has 1 aliphatic rings. The molecular formula is C15H23N5. The minimum atomic E-state index is 0.141. The molecule has 0 unspecified atom stereocenters. The van der Waals surface area contributed by atoms with Crippen molar-refractivity contribution in [2.45, 2.75) is 51.5 Å². The second-order valence-electron chi connectivity index (χ2n) is 5.91. The summed E-state index contributed by atoms with van der Waals surface area (Å²) < 4.78 is 2.03. The molecule has 108 valence electrons. The van der Waals surface area contributed by atoms with Gasteiger partial charge in [-0.05, 0) is 26.7 Å². The molecule has 1 aliphatic carbocycles. The third-order valence-electron chi connectivity index (χ3n) is 4.11. The summed E-state index contributed by atoms with van der Waals surface area (Å²) in [6.07, 6.45) is 12.1. The second kappa shape index (κ2) is 5.31. The molecule has 20 heavy (non-hydrogen) atoms. The van der Waals surface area contributed by atoms with Gasteiger partial charge < -0.3 is 15.0 Å². The molecule has 2 heterocycles. The molecule has 2 N–H and O–H groups in total. The Morgan fingerprint density at radius 1 is 1.30 bits per heavy atom. The van der Waals surface area contributed by atoms with E-state index < -0.39 is 0 Å². The number of nitrogens with one attached hydrogen (secondary N) is 2. The molecule has 0 aromatic carbocycles. The van der Waals surface area contributed by atoms with E-state index in [0.717, 1.165) is 23.8 Å². The predicted molar refractivity (Wildman–Crippen MR) is 82.3 cm³/mol. The molecule has 3 rings (SSSR count). The highest BCUT2D eigenvalue weighted by molar-refractivity contribution is 5.66. The predicted octanol–water partition coefficient (Wildman–Crippen LogP) is 3.30. The average molecular weight is 273 g/mol. The van der Waals surface area contributed by atoms with Crippen molar-refractivity contribution in [3.63, 3.8) is 0 Å². The van der Waals surface area contributed by atoms with Crippen LogP contribution in [0.4, 0.5) is 11.6 Å². The minimum absolute atomic E-state index is 0.141. The summed E-state index contributed by atoms with van der Waals surface area (Å²) in [7, 11) is 0. The summed E-state index contributed by atoms with van der Waals surface area (Å²) >= 11 is 0. The van der Waals surface area contributed by atoms with Gasteiger partial charge in [-0.15, -0.1) is 0 Å². The van der Waals surface area contributed by atoms with E-state index >= 15 is 0 Å². The van der Waals surface area contributed by atoms with Crippen molar-refractivity contribution in [3.05, 3.63) is 18.6 Å². The van der Waals surface area contributed by atoms with Gasteiger partial charge in [-0.3, -0.25) is 0 Å². The number of nitrogens with zero attached hydrogens (tertiary/aromatic N) is 3. The molecule has 5 heteroatoms. The van der Waals surface area contributed by atoms with Gasteiger partial charge in [0.2, 0.25) is 0 Å².